The molecule has 4 aliphatic rings. The van der Waals surface area contributed by atoms with Crippen molar-refractivity contribution in [1.29, 1.82) is 0 Å². The van der Waals surface area contributed by atoms with Crippen LogP contribution in [0.3, 0.4) is 0 Å². The quantitative estimate of drug-likeness (QED) is 0.312. The van der Waals surface area contributed by atoms with Crippen LogP contribution >= 0.6 is 69.6 Å². The van der Waals surface area contributed by atoms with E-state index < -0.39 is 14.1 Å². The van der Waals surface area contributed by atoms with Crippen LogP contribution in [0.15, 0.2) is 22.2 Å². The van der Waals surface area contributed by atoms with Crippen LogP contribution in [0.2, 0.25) is 0 Å². The molecule has 0 spiro atoms. The van der Waals surface area contributed by atoms with Gasteiger partial charge >= 0.3 is 0 Å². The highest BCUT2D eigenvalue weighted by Crippen LogP contribution is 2.81. The maximum Gasteiger partial charge on any atom is 0.166 e. The molecule has 4 bridgehead atoms. The zero-order valence-corrected chi connectivity index (χ0v) is 13.5. The maximum atomic E-state index is 6.76. The normalized spacial score (nSPS) is 58.8. The second-order valence-corrected chi connectivity index (χ2v) is 8.90. The first-order valence-electron chi connectivity index (χ1n) is 5.78. The monoisotopic (exact) mass is 362 g/mol. The summed E-state index contributed by atoms with van der Waals surface area (Å²) < 4.78 is -1.37. The van der Waals surface area contributed by atoms with Crippen LogP contribution in [0, 0.1) is 23.7 Å². The first-order valence-corrected chi connectivity index (χ1v) is 8.05. The molecule has 0 N–H and O–H groups in total. The van der Waals surface area contributed by atoms with Crippen molar-refractivity contribution in [2.24, 2.45) is 23.7 Å². The molecular formula is C12H8Cl6. The van der Waals surface area contributed by atoms with Gasteiger partial charge in [-0.05, 0) is 30.1 Å². The Hall–Kier alpha value is 1.22. The largest absolute Gasteiger partial charge is 0.166 e. The third-order valence-corrected chi connectivity index (χ3v) is 9.42. The van der Waals surface area contributed by atoms with Gasteiger partial charge < -0.3 is 0 Å². The smallest absolute Gasteiger partial charge is 0.109 e. The molecule has 98 valence electrons. The molecule has 2 saturated carbocycles. The second-order valence-electron chi connectivity index (χ2n) is 5.63. The summed E-state index contributed by atoms with van der Waals surface area (Å²) in [7, 11) is 0. The van der Waals surface area contributed by atoms with Crippen molar-refractivity contribution in [1.82, 2.24) is 0 Å². The number of rotatable bonds is 0. The molecule has 0 aromatic carbocycles. The van der Waals surface area contributed by atoms with E-state index in [1.807, 2.05) is 0 Å². The van der Waals surface area contributed by atoms with Crippen molar-refractivity contribution < 1.29 is 0 Å². The van der Waals surface area contributed by atoms with Gasteiger partial charge in [-0.3, -0.25) is 0 Å². The van der Waals surface area contributed by atoms with Gasteiger partial charge in [-0.25, -0.2) is 0 Å². The van der Waals surface area contributed by atoms with E-state index in [1.165, 1.54) is 0 Å². The number of hydrogen-bond donors (Lipinski definition) is 0. The van der Waals surface area contributed by atoms with E-state index >= 15 is 0 Å². The van der Waals surface area contributed by atoms with E-state index in [1.54, 1.807) is 0 Å². The van der Waals surface area contributed by atoms with Gasteiger partial charge in [0.25, 0.3) is 0 Å². The van der Waals surface area contributed by atoms with Crippen molar-refractivity contribution >= 4 is 69.6 Å². The number of fused-ring (bicyclic) bond motifs is 9. The minimum Gasteiger partial charge on any atom is -0.109 e. The van der Waals surface area contributed by atoms with E-state index in [0.29, 0.717) is 21.9 Å². The maximum absolute atomic E-state index is 6.76. The van der Waals surface area contributed by atoms with E-state index in [9.17, 15) is 0 Å². The van der Waals surface area contributed by atoms with Crippen molar-refractivity contribution in [3.8, 4) is 0 Å². The molecule has 4 rings (SSSR count). The van der Waals surface area contributed by atoms with Crippen molar-refractivity contribution in [3.63, 3.8) is 0 Å². The average Bonchev–Trinajstić information content (AvgIpc) is 2.97. The number of allylic oxidation sites excluding steroid dienone is 4. The van der Waals surface area contributed by atoms with Gasteiger partial charge in [-0.2, -0.15) is 0 Å². The standard InChI is InChI=1S/C12H8Cl6/c13-8-9(14)11(16)7-5-2-1-4(3-5)6(7)10(8,15)12(11,17)18/h1-2,4-7H,3H2/t4-,5-,6-,7+,10+,11+/m1/s1. The zero-order chi connectivity index (χ0) is 13.1. The minimum absolute atomic E-state index is 0.0664. The van der Waals surface area contributed by atoms with Crippen LogP contribution in [0.4, 0.5) is 0 Å². The van der Waals surface area contributed by atoms with Crippen LogP contribution in [-0.2, 0) is 0 Å². The van der Waals surface area contributed by atoms with Gasteiger partial charge in [-0.1, -0.05) is 58.6 Å². The highest BCUT2D eigenvalue weighted by molar-refractivity contribution is 6.65. The number of alkyl halides is 4. The topological polar surface area (TPSA) is 0 Å². The van der Waals surface area contributed by atoms with Crippen molar-refractivity contribution in [2.45, 2.75) is 20.5 Å². The average molecular weight is 365 g/mol. The lowest BCUT2D eigenvalue weighted by atomic mass is 9.75. The van der Waals surface area contributed by atoms with Crippen LogP contribution in [0.1, 0.15) is 6.42 Å². The van der Waals surface area contributed by atoms with E-state index in [-0.39, 0.29) is 11.8 Å². The summed E-state index contributed by atoms with van der Waals surface area (Å²) in [6, 6.07) is 0. The van der Waals surface area contributed by atoms with Gasteiger partial charge in [0.2, 0.25) is 0 Å². The Balaban J connectivity index is 2.03. The van der Waals surface area contributed by atoms with Gasteiger partial charge in [-0.15, -0.1) is 23.2 Å². The van der Waals surface area contributed by atoms with E-state index in [4.69, 9.17) is 69.6 Å². The predicted molar refractivity (Wildman–Crippen MR) is 78.1 cm³/mol. The Morgan fingerprint density at radius 1 is 0.833 bits per heavy atom. The fourth-order valence-corrected chi connectivity index (χ4v) is 7.61. The molecule has 2 fully saturated rings. The molecule has 0 aromatic rings. The molecule has 0 heterocycles. The third kappa shape index (κ3) is 0.973. The fraction of sp³-hybridized carbons (Fsp3) is 0.667. The zero-order valence-electron chi connectivity index (χ0n) is 8.94. The number of halogens is 6. The first kappa shape index (κ1) is 12.9. The Morgan fingerprint density at radius 2 is 1.22 bits per heavy atom. The summed E-state index contributed by atoms with van der Waals surface area (Å²) in [6.07, 6.45) is 5.40. The highest BCUT2D eigenvalue weighted by Gasteiger charge is 2.85. The van der Waals surface area contributed by atoms with E-state index in [2.05, 4.69) is 12.2 Å². The third-order valence-electron chi connectivity index (χ3n) is 5.12. The van der Waals surface area contributed by atoms with Crippen LogP contribution in [0.5, 0.6) is 0 Å². The molecule has 18 heavy (non-hydrogen) atoms. The summed E-state index contributed by atoms with van der Waals surface area (Å²) in [5.41, 5.74) is 0. The highest BCUT2D eigenvalue weighted by atomic mass is 35.5. The Bertz CT molecular complexity index is 481. The van der Waals surface area contributed by atoms with Gasteiger partial charge in [0.05, 0.1) is 10.1 Å². The van der Waals surface area contributed by atoms with Crippen molar-refractivity contribution in [2.75, 3.05) is 0 Å². The molecule has 4 aliphatic carbocycles. The molecule has 6 heteroatoms. The van der Waals surface area contributed by atoms with Crippen molar-refractivity contribution in [3.05, 3.63) is 22.2 Å². The molecule has 0 saturated heterocycles. The Kier molecular flexibility index (Phi) is 2.40. The Labute approximate surface area is 135 Å². The lowest BCUT2D eigenvalue weighted by Crippen LogP contribution is -2.46. The first-order chi connectivity index (χ1) is 8.28. The lowest BCUT2D eigenvalue weighted by Gasteiger charge is -2.37. The molecule has 0 aromatic heterocycles. The molecule has 6 atom stereocenters. The fourth-order valence-electron chi connectivity index (χ4n) is 4.48. The predicted octanol–water partition coefficient (Wildman–Crippen LogP) is 5.27. The summed E-state index contributed by atoms with van der Waals surface area (Å²) in [6.45, 7) is 0. The molecule has 0 nitrogen and oxygen atoms in total. The molecule has 0 aliphatic heterocycles. The summed E-state index contributed by atoms with van der Waals surface area (Å²) in [5.74, 6) is 0.815. The Morgan fingerprint density at radius 3 is 1.61 bits per heavy atom. The summed E-state index contributed by atoms with van der Waals surface area (Å²) in [4.78, 5) is -2.13. The van der Waals surface area contributed by atoms with Crippen LogP contribution in [-0.4, -0.2) is 14.1 Å². The van der Waals surface area contributed by atoms with Gasteiger partial charge in [0.15, 0.2) is 4.33 Å². The molecule has 0 unspecified atom stereocenters. The second kappa shape index (κ2) is 3.34. The van der Waals surface area contributed by atoms with Gasteiger partial charge in [0.1, 0.15) is 9.75 Å². The summed E-state index contributed by atoms with van der Waals surface area (Å²) in [5, 5.41) is 0.654. The number of hydrogen-bond acceptors (Lipinski definition) is 0. The molecule has 0 amide bonds. The van der Waals surface area contributed by atoms with Crippen LogP contribution in [0.25, 0.3) is 0 Å². The SMILES string of the molecule is ClC1=C(Cl)[C@@]2(Cl)[C@H]3[C@H]([C@@H]4C=C[C@@H]3C4)[C@@]1(Cl)C2(Cl)Cl. The molecule has 0 radical (unpaired) electrons. The van der Waals surface area contributed by atoms with Crippen LogP contribution < -0.4 is 0 Å². The molecular weight excluding hydrogens is 357 g/mol. The lowest BCUT2D eigenvalue weighted by molar-refractivity contribution is 0.305. The van der Waals surface area contributed by atoms with E-state index in [0.717, 1.165) is 6.42 Å². The van der Waals surface area contributed by atoms with Gasteiger partial charge in [0, 0.05) is 0 Å². The minimum atomic E-state index is -1.37. The summed E-state index contributed by atoms with van der Waals surface area (Å²) >= 11 is 39.2.